The number of hydrogen-bond acceptors (Lipinski definition) is 3. The molecule has 0 unspecified atom stereocenters. The first-order valence-electron chi connectivity index (χ1n) is 7.80. The summed E-state index contributed by atoms with van der Waals surface area (Å²) in [5.74, 6) is -0.0197. The Morgan fingerprint density at radius 1 is 1.26 bits per heavy atom. The zero-order valence-corrected chi connectivity index (χ0v) is 14.4. The molecule has 0 saturated heterocycles. The highest BCUT2D eigenvalue weighted by molar-refractivity contribution is 7.89. The first kappa shape index (κ1) is 16.2. The molecule has 23 heavy (non-hydrogen) atoms. The number of nitrogens with two attached hydrogens (primary N) is 1. The van der Waals surface area contributed by atoms with Crippen molar-refractivity contribution < 1.29 is 8.42 Å². The van der Waals surface area contributed by atoms with Gasteiger partial charge >= 0.3 is 0 Å². The van der Waals surface area contributed by atoms with E-state index in [2.05, 4.69) is 40.9 Å². The lowest BCUT2D eigenvalue weighted by Gasteiger charge is -2.21. The smallest absolute Gasteiger partial charge is 0.209 e. The third-order valence-corrected chi connectivity index (χ3v) is 5.26. The first-order chi connectivity index (χ1) is 10.8. The lowest BCUT2D eigenvalue weighted by molar-refractivity contribution is 0.370. The summed E-state index contributed by atoms with van der Waals surface area (Å²) >= 11 is 0. The molecule has 1 aliphatic rings. The topological polar surface area (TPSA) is 68.3 Å². The molecule has 0 bridgehead atoms. The monoisotopic (exact) mass is 333 g/mol. The van der Waals surface area contributed by atoms with Gasteiger partial charge in [-0.05, 0) is 43.2 Å². The van der Waals surface area contributed by atoms with E-state index in [1.165, 1.54) is 22.0 Å². The number of nitrogens with zero attached hydrogens (tertiary/aromatic N) is 2. The molecule has 1 aromatic carbocycles. The summed E-state index contributed by atoms with van der Waals surface area (Å²) in [4.78, 5) is 2.30. The van der Waals surface area contributed by atoms with Gasteiger partial charge in [0.15, 0.2) is 0 Å². The number of aromatic nitrogens is 1. The molecule has 2 N–H and O–H groups in total. The summed E-state index contributed by atoms with van der Waals surface area (Å²) in [6.45, 7) is 2.03. The molecule has 0 radical (unpaired) electrons. The Balaban J connectivity index is 1.98. The predicted octanol–water partition coefficient (Wildman–Crippen LogP) is 1.73. The molecule has 124 valence electrons. The third kappa shape index (κ3) is 3.65. The van der Waals surface area contributed by atoms with Crippen molar-refractivity contribution in [1.82, 2.24) is 9.47 Å². The fourth-order valence-electron chi connectivity index (χ4n) is 3.13. The molecule has 1 aliphatic heterocycles. The van der Waals surface area contributed by atoms with Crippen LogP contribution in [0.25, 0.3) is 16.5 Å². The van der Waals surface area contributed by atoms with Crippen LogP contribution in [0.5, 0.6) is 0 Å². The molecule has 0 saturated carbocycles. The van der Waals surface area contributed by atoms with Crippen LogP contribution in [0.1, 0.15) is 17.5 Å². The van der Waals surface area contributed by atoms with Crippen LogP contribution in [0.4, 0.5) is 0 Å². The van der Waals surface area contributed by atoms with Crippen molar-refractivity contribution in [3.8, 4) is 0 Å². The van der Waals surface area contributed by atoms with Gasteiger partial charge < -0.3 is 9.47 Å². The highest BCUT2D eigenvalue weighted by atomic mass is 32.2. The van der Waals surface area contributed by atoms with E-state index in [9.17, 15) is 8.42 Å². The van der Waals surface area contributed by atoms with Crippen molar-refractivity contribution in [3.05, 3.63) is 41.6 Å². The van der Waals surface area contributed by atoms with E-state index < -0.39 is 10.0 Å². The molecule has 0 aliphatic carbocycles. The second-order valence-electron chi connectivity index (χ2n) is 6.36. The van der Waals surface area contributed by atoms with Crippen LogP contribution in [-0.2, 0) is 23.5 Å². The van der Waals surface area contributed by atoms with Gasteiger partial charge in [0.2, 0.25) is 10.0 Å². The predicted molar refractivity (Wildman–Crippen MR) is 94.7 cm³/mol. The molecule has 2 aromatic rings. The quantitative estimate of drug-likeness (QED) is 0.926. The summed E-state index contributed by atoms with van der Waals surface area (Å²) in [7, 11) is 0.744. The zero-order chi connectivity index (χ0) is 16.6. The molecular weight excluding hydrogens is 310 g/mol. The lowest BCUT2D eigenvalue weighted by Crippen LogP contribution is -2.23. The number of likely N-dealkylation sites (N-methyl/N-ethyl adjacent to an activating group) is 1. The van der Waals surface area contributed by atoms with E-state index in [-0.39, 0.29) is 5.75 Å². The van der Waals surface area contributed by atoms with E-state index in [0.29, 0.717) is 6.42 Å². The second-order valence-corrected chi connectivity index (χ2v) is 8.10. The highest BCUT2D eigenvalue weighted by Crippen LogP contribution is 2.31. The van der Waals surface area contributed by atoms with E-state index >= 15 is 0 Å². The Kier molecular flexibility index (Phi) is 4.31. The fraction of sp³-hybridized carbons (Fsp3) is 0.412. The number of rotatable bonds is 4. The van der Waals surface area contributed by atoms with Crippen molar-refractivity contribution in [2.45, 2.75) is 12.8 Å². The third-order valence-electron chi connectivity index (χ3n) is 4.49. The van der Waals surface area contributed by atoms with Gasteiger partial charge in [-0.25, -0.2) is 13.6 Å². The average molecular weight is 333 g/mol. The number of hydrogen-bond donors (Lipinski definition) is 1. The summed E-state index contributed by atoms with van der Waals surface area (Å²) < 4.78 is 24.5. The Morgan fingerprint density at radius 3 is 2.70 bits per heavy atom. The Bertz CT molecular complexity index is 865. The summed E-state index contributed by atoms with van der Waals surface area (Å²) in [5, 5.41) is 6.30. The van der Waals surface area contributed by atoms with Crippen molar-refractivity contribution in [3.63, 3.8) is 0 Å². The molecule has 0 spiro atoms. The Morgan fingerprint density at radius 2 is 2.04 bits per heavy atom. The van der Waals surface area contributed by atoms with Crippen LogP contribution in [0.2, 0.25) is 0 Å². The van der Waals surface area contributed by atoms with Crippen LogP contribution in [-0.4, -0.2) is 43.8 Å². The normalized spacial score (nSPS) is 16.7. The van der Waals surface area contributed by atoms with Gasteiger partial charge in [0.1, 0.15) is 0 Å². The van der Waals surface area contributed by atoms with Gasteiger partial charge in [-0.2, -0.15) is 0 Å². The lowest BCUT2D eigenvalue weighted by atomic mass is 9.98. The first-order valence-corrected chi connectivity index (χ1v) is 9.51. The van der Waals surface area contributed by atoms with E-state index in [0.717, 1.165) is 25.1 Å². The van der Waals surface area contributed by atoms with Crippen LogP contribution in [0, 0.1) is 0 Å². The van der Waals surface area contributed by atoms with Crippen molar-refractivity contribution >= 4 is 26.5 Å². The number of fused-ring (bicyclic) bond motifs is 1. The number of primary sulfonamides is 1. The Hall–Kier alpha value is -1.63. The number of aryl methyl sites for hydroxylation is 2. The molecule has 1 aromatic heterocycles. The van der Waals surface area contributed by atoms with Gasteiger partial charge in [0, 0.05) is 42.8 Å². The minimum atomic E-state index is -3.43. The van der Waals surface area contributed by atoms with Gasteiger partial charge in [-0.3, -0.25) is 0 Å². The summed E-state index contributed by atoms with van der Waals surface area (Å²) in [6, 6.07) is 6.15. The van der Waals surface area contributed by atoms with Crippen LogP contribution >= 0.6 is 0 Å². The van der Waals surface area contributed by atoms with Crippen molar-refractivity contribution in [2.75, 3.05) is 25.9 Å². The molecule has 0 fully saturated rings. The highest BCUT2D eigenvalue weighted by Gasteiger charge is 2.15. The molecule has 2 heterocycles. The van der Waals surface area contributed by atoms with E-state index in [1.807, 2.05) is 13.1 Å². The van der Waals surface area contributed by atoms with Crippen LogP contribution in [0.15, 0.2) is 30.5 Å². The van der Waals surface area contributed by atoms with Gasteiger partial charge in [-0.15, -0.1) is 0 Å². The molecule has 5 nitrogen and oxygen atoms in total. The maximum Gasteiger partial charge on any atom is 0.209 e. The molecule has 0 amide bonds. The maximum atomic E-state index is 11.2. The van der Waals surface area contributed by atoms with Gasteiger partial charge in [0.25, 0.3) is 0 Å². The van der Waals surface area contributed by atoms with Crippen molar-refractivity contribution in [2.24, 2.45) is 12.2 Å². The number of benzene rings is 1. The van der Waals surface area contributed by atoms with Crippen LogP contribution in [0.3, 0.4) is 0 Å². The molecule has 3 rings (SSSR count). The molecule has 0 atom stereocenters. The van der Waals surface area contributed by atoms with Crippen molar-refractivity contribution in [1.29, 1.82) is 0 Å². The van der Waals surface area contributed by atoms with Gasteiger partial charge in [-0.1, -0.05) is 12.1 Å². The average Bonchev–Trinajstić information content (AvgIpc) is 2.82. The maximum absolute atomic E-state index is 11.2. The SMILES string of the molecule is CN1CC=C(c2cn(C)c3ccc(CCS(N)(=O)=O)cc23)CC1. The van der Waals surface area contributed by atoms with Crippen LogP contribution < -0.4 is 5.14 Å². The fourth-order valence-corrected chi connectivity index (χ4v) is 3.65. The molecule has 6 heteroatoms. The largest absolute Gasteiger partial charge is 0.350 e. The van der Waals surface area contributed by atoms with E-state index in [4.69, 9.17) is 5.14 Å². The minimum Gasteiger partial charge on any atom is -0.350 e. The standard InChI is InChI=1S/C17H23N3O2S/c1-19-8-5-14(6-9-19)16-12-20(2)17-4-3-13(11-15(16)17)7-10-23(18,21)22/h3-5,11-12H,6-10H2,1-2H3,(H2,18,21,22). The summed E-state index contributed by atoms with van der Waals surface area (Å²) in [5.41, 5.74) is 4.80. The second kappa shape index (κ2) is 6.11. The zero-order valence-electron chi connectivity index (χ0n) is 13.6. The Labute approximate surface area is 137 Å². The number of sulfonamides is 1. The van der Waals surface area contributed by atoms with E-state index in [1.54, 1.807) is 0 Å². The van der Waals surface area contributed by atoms with Gasteiger partial charge in [0.05, 0.1) is 5.75 Å². The summed E-state index contributed by atoms with van der Waals surface area (Å²) in [6.07, 6.45) is 5.95. The molecular formula is C17H23N3O2S. The minimum absolute atomic E-state index is 0.0197.